The molecule has 1 fully saturated rings. The Morgan fingerprint density at radius 2 is 2.19 bits per heavy atom. The molecule has 1 N–H and O–H groups in total. The Bertz CT molecular complexity index is 653. The lowest BCUT2D eigenvalue weighted by molar-refractivity contribution is -0.142. The fourth-order valence-electron chi connectivity index (χ4n) is 2.21. The van der Waals surface area contributed by atoms with Crippen molar-refractivity contribution in [2.75, 3.05) is 13.7 Å². The van der Waals surface area contributed by atoms with E-state index in [1.54, 1.807) is 0 Å². The van der Waals surface area contributed by atoms with E-state index in [0.717, 1.165) is 22.9 Å². The Kier molecular flexibility index (Phi) is 4.59. The number of aromatic nitrogens is 1. The molecule has 1 aromatic rings. The van der Waals surface area contributed by atoms with Crippen LogP contribution in [0.1, 0.15) is 29.8 Å². The second kappa shape index (κ2) is 6.08. The molecule has 0 amide bonds. The molecular weight excluding hydrogens is 320 g/mol. The maximum atomic E-state index is 12.6. The molecule has 1 saturated heterocycles. The zero-order chi connectivity index (χ0) is 15.6. The van der Waals surface area contributed by atoms with Crippen LogP contribution >= 0.6 is 11.5 Å². The summed E-state index contributed by atoms with van der Waals surface area (Å²) < 4.78 is 34.4. The van der Waals surface area contributed by atoms with Crippen LogP contribution in [0.4, 0.5) is 0 Å². The van der Waals surface area contributed by atoms with Crippen molar-refractivity contribution in [2.24, 2.45) is 0 Å². The van der Waals surface area contributed by atoms with Crippen molar-refractivity contribution < 1.29 is 27.9 Å². The maximum Gasteiger partial charge on any atom is 0.359 e. The zero-order valence-electron chi connectivity index (χ0n) is 11.2. The highest BCUT2D eigenvalue weighted by atomic mass is 32.2. The lowest BCUT2D eigenvalue weighted by Gasteiger charge is -2.31. The molecule has 1 aromatic heterocycles. The van der Waals surface area contributed by atoms with E-state index in [-0.39, 0.29) is 23.6 Å². The predicted octanol–water partition coefficient (Wildman–Crippen LogP) is 0.557. The molecule has 0 spiro atoms. The summed E-state index contributed by atoms with van der Waals surface area (Å²) in [6.07, 6.45) is 1.47. The molecule has 21 heavy (non-hydrogen) atoms. The normalized spacial score (nSPS) is 20.1. The molecule has 1 aliphatic rings. The fourth-order valence-corrected chi connectivity index (χ4v) is 4.95. The van der Waals surface area contributed by atoms with Crippen molar-refractivity contribution in [3.63, 3.8) is 0 Å². The quantitative estimate of drug-likeness (QED) is 0.800. The van der Waals surface area contributed by atoms with E-state index in [9.17, 15) is 23.1 Å². The van der Waals surface area contributed by atoms with Gasteiger partial charge in [-0.05, 0) is 30.8 Å². The van der Waals surface area contributed by atoms with Gasteiger partial charge in [0.1, 0.15) is 10.9 Å². The Hall–Kier alpha value is -1.52. The van der Waals surface area contributed by atoms with Gasteiger partial charge in [-0.3, -0.25) is 4.79 Å². The molecule has 0 aromatic carbocycles. The second-order valence-electron chi connectivity index (χ2n) is 4.48. The largest absolute Gasteiger partial charge is 0.480 e. The minimum Gasteiger partial charge on any atom is -0.480 e. The summed E-state index contributed by atoms with van der Waals surface area (Å²) in [6, 6.07) is -1.12. The number of carboxylic acids is 1. The summed E-state index contributed by atoms with van der Waals surface area (Å²) in [5.74, 6) is -2.06. The summed E-state index contributed by atoms with van der Waals surface area (Å²) in [5.41, 5.74) is -0.308. The molecule has 0 radical (unpaired) electrons. The van der Waals surface area contributed by atoms with Gasteiger partial charge in [0.25, 0.3) is 0 Å². The number of nitrogens with zero attached hydrogens (tertiary/aromatic N) is 2. The highest BCUT2D eigenvalue weighted by molar-refractivity contribution is 7.89. The van der Waals surface area contributed by atoms with E-state index in [1.807, 2.05) is 0 Å². The third-order valence-electron chi connectivity index (χ3n) is 3.24. The lowest BCUT2D eigenvalue weighted by Crippen LogP contribution is -2.48. The van der Waals surface area contributed by atoms with Gasteiger partial charge in [0.05, 0.1) is 7.11 Å². The number of methoxy groups -OCH3 is 1. The van der Waals surface area contributed by atoms with E-state index in [1.165, 1.54) is 5.38 Å². The average Bonchev–Trinajstić information content (AvgIpc) is 2.96. The first-order valence-corrected chi connectivity index (χ1v) is 8.44. The summed E-state index contributed by atoms with van der Waals surface area (Å²) in [4.78, 5) is 22.5. The molecule has 1 atom stereocenters. The zero-order valence-corrected chi connectivity index (χ0v) is 12.8. The first kappa shape index (κ1) is 15.9. The molecule has 1 aliphatic heterocycles. The van der Waals surface area contributed by atoms with Crippen molar-refractivity contribution in [1.29, 1.82) is 0 Å². The van der Waals surface area contributed by atoms with Gasteiger partial charge in [-0.2, -0.15) is 8.68 Å². The van der Waals surface area contributed by atoms with Gasteiger partial charge in [0, 0.05) is 11.9 Å². The summed E-state index contributed by atoms with van der Waals surface area (Å²) >= 11 is 0.806. The van der Waals surface area contributed by atoms with Gasteiger partial charge in [-0.1, -0.05) is 0 Å². The van der Waals surface area contributed by atoms with Crippen LogP contribution in [0.3, 0.4) is 0 Å². The van der Waals surface area contributed by atoms with E-state index < -0.39 is 28.0 Å². The van der Waals surface area contributed by atoms with Crippen molar-refractivity contribution >= 4 is 33.5 Å². The van der Waals surface area contributed by atoms with Crippen molar-refractivity contribution in [2.45, 2.75) is 30.2 Å². The van der Waals surface area contributed by atoms with E-state index in [2.05, 4.69) is 9.11 Å². The molecule has 116 valence electrons. The summed E-state index contributed by atoms with van der Waals surface area (Å²) in [6.45, 7) is 0.107. The minimum atomic E-state index is -4.10. The highest BCUT2D eigenvalue weighted by Crippen LogP contribution is 2.28. The maximum absolute atomic E-state index is 12.6. The second-order valence-corrected chi connectivity index (χ2v) is 6.97. The molecule has 1 unspecified atom stereocenters. The van der Waals surface area contributed by atoms with Crippen LogP contribution in [-0.2, 0) is 19.6 Å². The van der Waals surface area contributed by atoms with E-state index in [0.29, 0.717) is 12.8 Å². The number of carboxylic acid groups (broad SMARTS) is 1. The third-order valence-corrected chi connectivity index (χ3v) is 5.94. The van der Waals surface area contributed by atoms with Crippen LogP contribution in [0.5, 0.6) is 0 Å². The molecule has 0 aliphatic carbocycles. The van der Waals surface area contributed by atoms with E-state index >= 15 is 0 Å². The number of ether oxygens (including phenoxy) is 1. The van der Waals surface area contributed by atoms with Crippen molar-refractivity contribution in [3.05, 3.63) is 11.1 Å². The molecule has 2 heterocycles. The monoisotopic (exact) mass is 334 g/mol. The number of carbonyl (C=O) groups excluding carboxylic acids is 1. The average molecular weight is 334 g/mol. The van der Waals surface area contributed by atoms with Crippen LogP contribution < -0.4 is 0 Å². The number of piperidine rings is 1. The predicted molar refractivity (Wildman–Crippen MR) is 72.6 cm³/mol. The Labute approximate surface area is 125 Å². The van der Waals surface area contributed by atoms with Crippen LogP contribution in [0.15, 0.2) is 10.3 Å². The summed E-state index contributed by atoms with van der Waals surface area (Å²) in [7, 11) is -2.98. The van der Waals surface area contributed by atoms with Gasteiger partial charge in [0.15, 0.2) is 5.69 Å². The third kappa shape index (κ3) is 2.92. The number of rotatable bonds is 4. The van der Waals surface area contributed by atoms with Gasteiger partial charge in [-0.15, -0.1) is 0 Å². The first-order valence-electron chi connectivity index (χ1n) is 6.17. The highest BCUT2D eigenvalue weighted by Gasteiger charge is 2.40. The molecule has 0 saturated carbocycles. The standard InChI is InChI=1S/C11H14N2O6S2/c1-19-11(16)9-8(6-20-12-9)21(17,18)13-5-3-2-4-7(13)10(14)15/h6-7H,2-5H2,1H3,(H,14,15). The number of hydrogen-bond acceptors (Lipinski definition) is 7. The van der Waals surface area contributed by atoms with Crippen LogP contribution in [-0.4, -0.2) is 53.8 Å². The molecular formula is C11H14N2O6S2. The SMILES string of the molecule is COC(=O)c1nscc1S(=O)(=O)N1CCCCC1C(=O)O. The van der Waals surface area contributed by atoms with Crippen LogP contribution in [0.25, 0.3) is 0 Å². The number of sulfonamides is 1. The smallest absolute Gasteiger partial charge is 0.359 e. The Morgan fingerprint density at radius 1 is 1.48 bits per heavy atom. The summed E-state index contributed by atoms with van der Waals surface area (Å²) in [5, 5.41) is 10.4. The van der Waals surface area contributed by atoms with Gasteiger partial charge >= 0.3 is 11.9 Å². The molecule has 8 nitrogen and oxygen atoms in total. The molecule has 2 rings (SSSR count). The van der Waals surface area contributed by atoms with Crippen LogP contribution in [0, 0.1) is 0 Å². The lowest BCUT2D eigenvalue weighted by atomic mass is 10.1. The topological polar surface area (TPSA) is 114 Å². The molecule has 10 heteroatoms. The number of esters is 1. The van der Waals surface area contributed by atoms with Gasteiger partial charge in [0.2, 0.25) is 10.0 Å². The fraction of sp³-hybridized carbons (Fsp3) is 0.545. The van der Waals surface area contributed by atoms with Crippen molar-refractivity contribution in [1.82, 2.24) is 8.68 Å². The van der Waals surface area contributed by atoms with Crippen LogP contribution in [0.2, 0.25) is 0 Å². The van der Waals surface area contributed by atoms with E-state index in [4.69, 9.17) is 0 Å². The first-order chi connectivity index (χ1) is 9.89. The van der Waals surface area contributed by atoms with Gasteiger partial charge < -0.3 is 9.84 Å². The van der Waals surface area contributed by atoms with Crippen molar-refractivity contribution in [3.8, 4) is 0 Å². The Morgan fingerprint density at radius 3 is 2.81 bits per heavy atom. The van der Waals surface area contributed by atoms with Gasteiger partial charge in [-0.25, -0.2) is 13.2 Å². The number of hydrogen-bond donors (Lipinski definition) is 1. The number of carbonyl (C=O) groups is 2. The minimum absolute atomic E-state index is 0.107. The molecule has 0 bridgehead atoms. The number of aliphatic carboxylic acids is 1. The Balaban J connectivity index is 2.44.